The monoisotopic (exact) mass is 252 g/mol. The highest BCUT2D eigenvalue weighted by molar-refractivity contribution is 5.98. The van der Waals surface area contributed by atoms with Gasteiger partial charge in [0.2, 0.25) is 11.8 Å². The molecule has 0 radical (unpaired) electrons. The Hall–Kier alpha value is -1.06. The van der Waals surface area contributed by atoms with E-state index in [1.54, 1.807) is 0 Å². The van der Waals surface area contributed by atoms with Gasteiger partial charge in [-0.25, -0.2) is 0 Å². The van der Waals surface area contributed by atoms with E-state index < -0.39 is 5.54 Å². The maximum atomic E-state index is 12.2. The number of rotatable bonds is 5. The molecule has 2 aliphatic rings. The molecule has 4 nitrogen and oxygen atoms in total. The topological polar surface area (TPSA) is 49.4 Å². The molecule has 1 aliphatic carbocycles. The van der Waals surface area contributed by atoms with Crippen molar-refractivity contribution in [2.24, 2.45) is 0 Å². The van der Waals surface area contributed by atoms with E-state index in [9.17, 15) is 9.59 Å². The number of hydrogen-bond donors (Lipinski definition) is 1. The zero-order valence-corrected chi connectivity index (χ0v) is 11.3. The van der Waals surface area contributed by atoms with Crippen molar-refractivity contribution in [2.45, 2.75) is 63.8 Å². The maximum absolute atomic E-state index is 12.2. The largest absolute Gasteiger partial charge is 0.345 e. The quantitative estimate of drug-likeness (QED) is 0.759. The second kappa shape index (κ2) is 5.72. The number of piperazine rings is 1. The number of unbranched alkanes of at least 4 members (excludes halogenated alkanes) is 3. The lowest BCUT2D eigenvalue weighted by molar-refractivity contribution is -0.153. The molecule has 1 N–H and O–H groups in total. The summed E-state index contributed by atoms with van der Waals surface area (Å²) in [4.78, 5) is 26.1. The minimum atomic E-state index is -0.498. The van der Waals surface area contributed by atoms with E-state index in [0.29, 0.717) is 0 Å². The number of nitrogens with one attached hydrogen (secondary N) is 1. The Labute approximate surface area is 109 Å². The highest BCUT2D eigenvalue weighted by Crippen LogP contribution is 2.37. The van der Waals surface area contributed by atoms with Gasteiger partial charge in [-0.2, -0.15) is 0 Å². The molecule has 1 heterocycles. The summed E-state index contributed by atoms with van der Waals surface area (Å²) >= 11 is 0. The summed E-state index contributed by atoms with van der Waals surface area (Å²) in [7, 11) is 0. The first kappa shape index (κ1) is 13.4. The van der Waals surface area contributed by atoms with Crippen LogP contribution in [-0.2, 0) is 9.59 Å². The van der Waals surface area contributed by atoms with Crippen molar-refractivity contribution < 1.29 is 9.59 Å². The molecular weight excluding hydrogens is 228 g/mol. The molecule has 102 valence electrons. The third-order valence-corrected chi connectivity index (χ3v) is 4.31. The van der Waals surface area contributed by atoms with Gasteiger partial charge in [0.05, 0.1) is 6.54 Å². The van der Waals surface area contributed by atoms with Gasteiger partial charge in [0.15, 0.2) is 0 Å². The molecule has 2 fully saturated rings. The molecule has 0 bridgehead atoms. The fourth-order valence-electron chi connectivity index (χ4n) is 3.27. The Morgan fingerprint density at radius 2 is 1.89 bits per heavy atom. The normalized spacial score (nSPS) is 22.6. The van der Waals surface area contributed by atoms with Crippen LogP contribution in [-0.4, -0.2) is 35.3 Å². The molecule has 0 aromatic carbocycles. The van der Waals surface area contributed by atoms with E-state index in [-0.39, 0.29) is 18.4 Å². The van der Waals surface area contributed by atoms with Crippen LogP contribution in [0.1, 0.15) is 58.3 Å². The maximum Gasteiger partial charge on any atom is 0.246 e. The second-order valence-corrected chi connectivity index (χ2v) is 5.53. The smallest absolute Gasteiger partial charge is 0.246 e. The van der Waals surface area contributed by atoms with E-state index in [2.05, 4.69) is 12.2 Å². The molecule has 18 heavy (non-hydrogen) atoms. The summed E-state index contributed by atoms with van der Waals surface area (Å²) in [5.41, 5.74) is -0.498. The van der Waals surface area contributed by atoms with E-state index in [4.69, 9.17) is 0 Å². The van der Waals surface area contributed by atoms with Crippen molar-refractivity contribution in [3.63, 3.8) is 0 Å². The number of carbonyl (C=O) groups excluding carboxylic acids is 2. The lowest BCUT2D eigenvalue weighted by Crippen LogP contribution is -2.66. The van der Waals surface area contributed by atoms with Gasteiger partial charge in [-0.1, -0.05) is 39.0 Å². The first-order valence-electron chi connectivity index (χ1n) is 7.29. The highest BCUT2D eigenvalue weighted by Gasteiger charge is 2.50. The van der Waals surface area contributed by atoms with Crippen LogP contribution in [0, 0.1) is 0 Å². The number of nitrogens with zero attached hydrogens (tertiary/aromatic N) is 1. The van der Waals surface area contributed by atoms with Crippen LogP contribution in [0.15, 0.2) is 0 Å². The molecule has 1 aliphatic heterocycles. The zero-order chi connectivity index (χ0) is 13.0. The van der Waals surface area contributed by atoms with Crippen molar-refractivity contribution in [1.29, 1.82) is 0 Å². The van der Waals surface area contributed by atoms with E-state index in [1.807, 2.05) is 4.90 Å². The number of amides is 2. The molecule has 0 aromatic rings. The van der Waals surface area contributed by atoms with Crippen LogP contribution >= 0.6 is 0 Å². The third-order valence-electron chi connectivity index (χ3n) is 4.31. The van der Waals surface area contributed by atoms with Crippen molar-refractivity contribution in [3.05, 3.63) is 0 Å². The summed E-state index contributed by atoms with van der Waals surface area (Å²) in [6.45, 7) is 3.12. The lowest BCUT2D eigenvalue weighted by atomic mass is 9.91. The van der Waals surface area contributed by atoms with Crippen LogP contribution < -0.4 is 5.32 Å². The Bertz CT molecular complexity index is 322. The summed E-state index contributed by atoms with van der Waals surface area (Å²) in [5, 5.41) is 2.77. The third kappa shape index (κ3) is 2.38. The van der Waals surface area contributed by atoms with Crippen LogP contribution in [0.4, 0.5) is 0 Å². The molecule has 1 spiro atoms. The first-order valence-corrected chi connectivity index (χ1v) is 7.29. The van der Waals surface area contributed by atoms with Gasteiger partial charge in [-0.15, -0.1) is 0 Å². The fraction of sp³-hybridized carbons (Fsp3) is 0.857. The van der Waals surface area contributed by atoms with Crippen molar-refractivity contribution in [1.82, 2.24) is 10.2 Å². The van der Waals surface area contributed by atoms with Gasteiger partial charge >= 0.3 is 0 Å². The molecule has 4 heteroatoms. The second-order valence-electron chi connectivity index (χ2n) is 5.53. The van der Waals surface area contributed by atoms with Crippen molar-refractivity contribution in [3.8, 4) is 0 Å². The first-order chi connectivity index (χ1) is 8.70. The Morgan fingerprint density at radius 1 is 1.17 bits per heavy atom. The van der Waals surface area contributed by atoms with Crippen molar-refractivity contribution in [2.75, 3.05) is 13.1 Å². The molecule has 0 aromatic heterocycles. The standard InChI is InChI=1S/C14H24N2O2/c1-2-3-4-7-10-16-12(17)11-15-13(18)14(16)8-5-6-9-14/h2-11H2,1H3,(H,15,18). The number of carbonyl (C=O) groups is 2. The molecule has 0 unspecified atom stereocenters. The van der Waals surface area contributed by atoms with Crippen LogP contribution in [0.2, 0.25) is 0 Å². The molecule has 1 saturated heterocycles. The summed E-state index contributed by atoms with van der Waals surface area (Å²) in [6.07, 6.45) is 8.39. The summed E-state index contributed by atoms with van der Waals surface area (Å²) in [6, 6.07) is 0. The van der Waals surface area contributed by atoms with E-state index >= 15 is 0 Å². The van der Waals surface area contributed by atoms with Gasteiger partial charge in [-0.3, -0.25) is 9.59 Å². The fourth-order valence-corrected chi connectivity index (χ4v) is 3.27. The average molecular weight is 252 g/mol. The zero-order valence-electron chi connectivity index (χ0n) is 11.3. The lowest BCUT2D eigenvalue weighted by Gasteiger charge is -2.43. The van der Waals surface area contributed by atoms with Crippen LogP contribution in [0.3, 0.4) is 0 Å². The Morgan fingerprint density at radius 3 is 2.56 bits per heavy atom. The van der Waals surface area contributed by atoms with E-state index in [0.717, 1.165) is 45.1 Å². The van der Waals surface area contributed by atoms with Crippen molar-refractivity contribution >= 4 is 11.8 Å². The Balaban J connectivity index is 2.02. The molecule has 0 atom stereocenters. The predicted octanol–water partition coefficient (Wildman–Crippen LogP) is 1.84. The van der Waals surface area contributed by atoms with Gasteiger partial charge in [0, 0.05) is 6.54 Å². The van der Waals surface area contributed by atoms with Crippen LogP contribution in [0.25, 0.3) is 0 Å². The minimum Gasteiger partial charge on any atom is -0.345 e. The molecule has 1 saturated carbocycles. The highest BCUT2D eigenvalue weighted by atomic mass is 16.2. The average Bonchev–Trinajstić information content (AvgIpc) is 2.84. The van der Waals surface area contributed by atoms with Crippen LogP contribution in [0.5, 0.6) is 0 Å². The predicted molar refractivity (Wildman–Crippen MR) is 70.1 cm³/mol. The summed E-state index contributed by atoms with van der Waals surface area (Å²) in [5.74, 6) is 0.183. The molecule has 2 rings (SSSR count). The van der Waals surface area contributed by atoms with Gasteiger partial charge < -0.3 is 10.2 Å². The SMILES string of the molecule is CCCCCCN1C(=O)CNC(=O)C12CCCC2. The van der Waals surface area contributed by atoms with E-state index in [1.165, 1.54) is 12.8 Å². The van der Waals surface area contributed by atoms with Gasteiger partial charge in [0.1, 0.15) is 5.54 Å². The molecule has 2 amide bonds. The van der Waals surface area contributed by atoms with Gasteiger partial charge in [0.25, 0.3) is 0 Å². The molecular formula is C14H24N2O2. The summed E-state index contributed by atoms with van der Waals surface area (Å²) < 4.78 is 0. The number of hydrogen-bond acceptors (Lipinski definition) is 2. The van der Waals surface area contributed by atoms with Gasteiger partial charge in [-0.05, 0) is 19.3 Å². The Kier molecular flexibility index (Phi) is 4.25. The minimum absolute atomic E-state index is 0.0788.